The first-order chi connectivity index (χ1) is 13.7. The van der Waals surface area contributed by atoms with Crippen molar-refractivity contribution in [3.05, 3.63) is 42.5 Å². The van der Waals surface area contributed by atoms with Crippen molar-refractivity contribution < 1.29 is 4.74 Å². The zero-order valence-corrected chi connectivity index (χ0v) is 16.8. The van der Waals surface area contributed by atoms with Gasteiger partial charge < -0.3 is 15.4 Å². The van der Waals surface area contributed by atoms with Crippen molar-refractivity contribution in [2.24, 2.45) is 0 Å². The molecule has 0 aliphatic heterocycles. The first-order valence-corrected chi connectivity index (χ1v) is 10.3. The summed E-state index contributed by atoms with van der Waals surface area (Å²) in [6.45, 7) is 8.02. The van der Waals surface area contributed by atoms with Gasteiger partial charge in [-0.3, -0.25) is 4.40 Å². The Morgan fingerprint density at radius 3 is 2.79 bits per heavy atom. The smallest absolute Gasteiger partial charge is 0.150 e. The van der Waals surface area contributed by atoms with Gasteiger partial charge in [0.2, 0.25) is 0 Å². The second kappa shape index (κ2) is 8.19. The predicted octanol–water partition coefficient (Wildman–Crippen LogP) is 3.97. The van der Waals surface area contributed by atoms with Gasteiger partial charge in [-0.15, -0.1) is 0 Å². The van der Waals surface area contributed by atoms with Crippen molar-refractivity contribution in [1.82, 2.24) is 19.3 Å². The van der Waals surface area contributed by atoms with E-state index in [0.717, 1.165) is 48.0 Å². The molecule has 2 aromatic heterocycles. The number of hydrogen-bond acceptors (Lipinski definition) is 5. The Morgan fingerprint density at radius 2 is 2.07 bits per heavy atom. The first-order valence-electron chi connectivity index (χ1n) is 10.3. The van der Waals surface area contributed by atoms with Crippen LogP contribution < -0.4 is 10.5 Å². The van der Waals surface area contributed by atoms with Crippen molar-refractivity contribution in [3.63, 3.8) is 0 Å². The number of imidazole rings is 1. The van der Waals surface area contributed by atoms with Gasteiger partial charge in [-0.05, 0) is 38.1 Å². The summed E-state index contributed by atoms with van der Waals surface area (Å²) in [5.74, 6) is 2.98. The highest BCUT2D eigenvalue weighted by atomic mass is 16.5. The molecule has 2 heterocycles. The van der Waals surface area contributed by atoms with Crippen molar-refractivity contribution in [1.29, 1.82) is 0 Å². The molecule has 0 amide bonds. The van der Waals surface area contributed by atoms with Crippen LogP contribution in [0.5, 0.6) is 5.75 Å². The summed E-state index contributed by atoms with van der Waals surface area (Å²) >= 11 is 0. The average molecular weight is 380 g/mol. The zero-order valence-electron chi connectivity index (χ0n) is 16.8. The third-order valence-corrected chi connectivity index (χ3v) is 5.76. The minimum absolute atomic E-state index is 0.511. The number of nitrogens with zero attached hydrogens (tertiary/aromatic N) is 4. The first kappa shape index (κ1) is 18.7. The number of rotatable bonds is 8. The lowest BCUT2D eigenvalue weighted by atomic mass is 9.85. The molecule has 1 aromatic carbocycles. The summed E-state index contributed by atoms with van der Waals surface area (Å²) in [5, 5.41) is 0. The van der Waals surface area contributed by atoms with E-state index in [-0.39, 0.29) is 0 Å². The fraction of sp³-hybridized carbons (Fsp3) is 0.455. The maximum absolute atomic E-state index is 6.24. The molecule has 0 radical (unpaired) electrons. The van der Waals surface area contributed by atoms with Crippen LogP contribution in [0.25, 0.3) is 16.8 Å². The fourth-order valence-corrected chi connectivity index (χ4v) is 3.81. The molecule has 0 unspecified atom stereocenters. The molecule has 1 aliphatic carbocycles. The summed E-state index contributed by atoms with van der Waals surface area (Å²) < 4.78 is 8.13. The van der Waals surface area contributed by atoms with E-state index in [9.17, 15) is 0 Å². The van der Waals surface area contributed by atoms with E-state index in [1.54, 1.807) is 6.20 Å². The molecule has 148 valence electrons. The lowest BCUT2D eigenvalue weighted by Crippen LogP contribution is -2.27. The monoisotopic (exact) mass is 379 g/mol. The summed E-state index contributed by atoms with van der Waals surface area (Å²) in [6, 6.07) is 8.14. The Balaban J connectivity index is 1.63. The second-order valence-electron chi connectivity index (χ2n) is 7.38. The van der Waals surface area contributed by atoms with Gasteiger partial charge in [0.15, 0.2) is 0 Å². The normalized spacial score (nSPS) is 14.5. The van der Waals surface area contributed by atoms with Gasteiger partial charge >= 0.3 is 0 Å². The van der Waals surface area contributed by atoms with Crippen molar-refractivity contribution >= 4 is 11.3 Å². The third kappa shape index (κ3) is 3.56. The molecule has 1 fully saturated rings. The number of nitrogen functional groups attached to an aromatic ring is 1. The molecule has 1 saturated carbocycles. The number of benzene rings is 1. The minimum Gasteiger partial charge on any atom is -0.492 e. The van der Waals surface area contributed by atoms with Crippen molar-refractivity contribution in [2.45, 2.75) is 39.0 Å². The van der Waals surface area contributed by atoms with E-state index in [1.807, 2.05) is 18.3 Å². The number of fused-ring (bicyclic) bond motifs is 1. The van der Waals surface area contributed by atoms with Crippen LogP contribution in [0, 0.1) is 0 Å². The summed E-state index contributed by atoms with van der Waals surface area (Å²) in [5.41, 5.74) is 9.04. The minimum atomic E-state index is 0.511. The molecule has 0 spiro atoms. The maximum Gasteiger partial charge on any atom is 0.150 e. The molecule has 2 N–H and O–H groups in total. The number of nitrogens with two attached hydrogens (primary N) is 1. The standard InChI is InChI=1S/C22H29N5O/c1-3-26(4-2)13-14-28-18-10-6-9-17(15-18)19-20-21(23)24-11-12-27(20)22(25-19)16-7-5-8-16/h6,9-12,15-16H,3-5,7-8,13-14H2,1-2H3,(H2,23,24). The van der Waals surface area contributed by atoms with E-state index in [4.69, 9.17) is 15.5 Å². The summed E-state index contributed by atoms with van der Waals surface area (Å²) in [7, 11) is 0. The van der Waals surface area contributed by atoms with E-state index in [2.05, 4.69) is 40.3 Å². The highest BCUT2D eigenvalue weighted by Crippen LogP contribution is 2.39. The van der Waals surface area contributed by atoms with E-state index in [1.165, 1.54) is 19.3 Å². The highest BCUT2D eigenvalue weighted by Gasteiger charge is 2.26. The van der Waals surface area contributed by atoms with Crippen LogP contribution >= 0.6 is 0 Å². The molecule has 4 rings (SSSR count). The number of ether oxygens (including phenoxy) is 1. The molecule has 28 heavy (non-hydrogen) atoms. The molecule has 6 heteroatoms. The van der Waals surface area contributed by atoms with Crippen LogP contribution in [0.2, 0.25) is 0 Å². The van der Waals surface area contributed by atoms with Gasteiger partial charge in [0.05, 0.1) is 0 Å². The molecule has 0 saturated heterocycles. The summed E-state index contributed by atoms with van der Waals surface area (Å²) in [4.78, 5) is 11.6. The number of likely N-dealkylation sites (N-methyl/N-ethyl adjacent to an activating group) is 1. The largest absolute Gasteiger partial charge is 0.492 e. The van der Waals surface area contributed by atoms with Crippen LogP contribution in [-0.4, -0.2) is 45.5 Å². The number of hydrogen-bond donors (Lipinski definition) is 1. The van der Waals surface area contributed by atoms with Crippen LogP contribution in [-0.2, 0) is 0 Å². The quantitative estimate of drug-likeness (QED) is 0.641. The highest BCUT2D eigenvalue weighted by molar-refractivity contribution is 5.85. The van der Waals surface area contributed by atoms with Gasteiger partial charge in [0, 0.05) is 30.4 Å². The predicted molar refractivity (Wildman–Crippen MR) is 113 cm³/mol. The van der Waals surface area contributed by atoms with E-state index in [0.29, 0.717) is 18.3 Å². The molecular weight excluding hydrogens is 350 g/mol. The lowest BCUT2D eigenvalue weighted by molar-refractivity contribution is 0.223. The molecule has 0 bridgehead atoms. The molecule has 6 nitrogen and oxygen atoms in total. The molecule has 1 aliphatic rings. The van der Waals surface area contributed by atoms with Crippen LogP contribution in [0.15, 0.2) is 36.7 Å². The topological polar surface area (TPSA) is 68.7 Å². The Hall–Kier alpha value is -2.60. The lowest BCUT2D eigenvalue weighted by Gasteiger charge is -2.23. The SMILES string of the molecule is CCN(CC)CCOc1cccc(-c2nc(C3CCC3)n3ccnc(N)c23)c1. The second-order valence-corrected chi connectivity index (χ2v) is 7.38. The van der Waals surface area contributed by atoms with Crippen LogP contribution in [0.4, 0.5) is 5.82 Å². The van der Waals surface area contributed by atoms with E-state index >= 15 is 0 Å². The van der Waals surface area contributed by atoms with Crippen LogP contribution in [0.3, 0.4) is 0 Å². The average Bonchev–Trinajstić information content (AvgIpc) is 3.05. The van der Waals surface area contributed by atoms with Gasteiger partial charge in [0.25, 0.3) is 0 Å². The number of anilines is 1. The number of aromatic nitrogens is 3. The fourth-order valence-electron chi connectivity index (χ4n) is 3.81. The zero-order chi connectivity index (χ0) is 19.5. The Kier molecular flexibility index (Phi) is 5.48. The Labute approximate surface area is 166 Å². The summed E-state index contributed by atoms with van der Waals surface area (Å²) in [6.07, 6.45) is 7.37. The van der Waals surface area contributed by atoms with Gasteiger partial charge in [0.1, 0.15) is 35.2 Å². The van der Waals surface area contributed by atoms with E-state index < -0.39 is 0 Å². The van der Waals surface area contributed by atoms with Crippen molar-refractivity contribution in [3.8, 4) is 17.0 Å². The van der Waals surface area contributed by atoms with Gasteiger partial charge in [-0.2, -0.15) is 0 Å². The molecule has 0 atom stereocenters. The Morgan fingerprint density at radius 1 is 1.25 bits per heavy atom. The van der Waals surface area contributed by atoms with Gasteiger partial charge in [-0.25, -0.2) is 9.97 Å². The third-order valence-electron chi connectivity index (χ3n) is 5.76. The Bertz CT molecular complexity index is 943. The van der Waals surface area contributed by atoms with Gasteiger partial charge in [-0.1, -0.05) is 32.4 Å². The molecule has 3 aromatic rings. The van der Waals surface area contributed by atoms with Crippen molar-refractivity contribution in [2.75, 3.05) is 32.0 Å². The molecular formula is C22H29N5O. The van der Waals surface area contributed by atoms with Crippen LogP contribution in [0.1, 0.15) is 44.9 Å². The maximum atomic E-state index is 6.24.